The van der Waals surface area contributed by atoms with E-state index in [2.05, 4.69) is 10.6 Å². The molecule has 4 aromatic rings. The molecule has 0 unspecified atom stereocenters. The molecule has 41 heavy (non-hydrogen) atoms. The molecule has 4 rings (SSSR count). The van der Waals surface area contributed by atoms with Gasteiger partial charge in [-0.15, -0.1) is 0 Å². The number of hydrogen-bond donors (Lipinski definition) is 2. The zero-order valence-electron chi connectivity index (χ0n) is 24.7. The van der Waals surface area contributed by atoms with Crippen LogP contribution < -0.4 is 15.5 Å². The van der Waals surface area contributed by atoms with E-state index in [1.807, 2.05) is 101 Å². The fourth-order valence-corrected chi connectivity index (χ4v) is 5.05. The molecule has 9 heteroatoms. The zero-order chi connectivity index (χ0) is 30.1. The Kier molecular flexibility index (Phi) is 9.00. The van der Waals surface area contributed by atoms with Crippen LogP contribution in [0.15, 0.2) is 48.5 Å². The number of rotatable bonds is 8. The number of benzene rings is 3. The summed E-state index contributed by atoms with van der Waals surface area (Å²) in [5.74, 6) is 0.491. The van der Waals surface area contributed by atoms with Crippen molar-refractivity contribution in [3.8, 4) is 0 Å². The third kappa shape index (κ3) is 6.68. The summed E-state index contributed by atoms with van der Waals surface area (Å²) in [7, 11) is 3.91. The second-order valence-electron chi connectivity index (χ2n) is 11.4. The van der Waals surface area contributed by atoms with Crippen LogP contribution in [-0.4, -0.2) is 35.0 Å². The fraction of sp³-hybridized carbons (Fsp3) is 0.344. The molecule has 2 amide bonds. The lowest BCUT2D eigenvalue weighted by Gasteiger charge is -2.21. The third-order valence-electron chi connectivity index (χ3n) is 7.25. The Balaban J connectivity index is 1.69. The number of anilines is 2. The highest BCUT2D eigenvalue weighted by molar-refractivity contribution is 6.36. The summed E-state index contributed by atoms with van der Waals surface area (Å²) in [6, 6.07) is 15.2. The van der Waals surface area contributed by atoms with Gasteiger partial charge in [0.2, 0.25) is 5.91 Å². The SMILES string of the molecule is CCN(C)c1cc2c(cc1C(=O)Nc1ccc(C)cc1)nc(Cc1c(Cl)ccc(CNC(=O)C(C)(C)C)c1Cl)n2C. The van der Waals surface area contributed by atoms with Crippen LogP contribution in [0.25, 0.3) is 11.0 Å². The van der Waals surface area contributed by atoms with E-state index in [-0.39, 0.29) is 11.8 Å². The number of nitrogens with zero attached hydrogens (tertiary/aromatic N) is 3. The number of fused-ring (bicyclic) bond motifs is 1. The third-order valence-corrected chi connectivity index (χ3v) is 8.08. The molecule has 0 saturated carbocycles. The maximum absolute atomic E-state index is 13.4. The highest BCUT2D eigenvalue weighted by atomic mass is 35.5. The first-order chi connectivity index (χ1) is 19.3. The van der Waals surface area contributed by atoms with Gasteiger partial charge in [-0.2, -0.15) is 0 Å². The first kappa shape index (κ1) is 30.4. The average Bonchev–Trinajstić information content (AvgIpc) is 3.23. The van der Waals surface area contributed by atoms with Crippen molar-refractivity contribution in [2.24, 2.45) is 12.5 Å². The van der Waals surface area contributed by atoms with Gasteiger partial charge in [0.25, 0.3) is 5.91 Å². The Labute approximate surface area is 251 Å². The van der Waals surface area contributed by atoms with Crippen LogP contribution in [0.5, 0.6) is 0 Å². The van der Waals surface area contributed by atoms with E-state index in [1.165, 1.54) is 0 Å². The van der Waals surface area contributed by atoms with E-state index in [4.69, 9.17) is 28.2 Å². The van der Waals surface area contributed by atoms with E-state index in [0.29, 0.717) is 34.1 Å². The summed E-state index contributed by atoms with van der Waals surface area (Å²) in [5.41, 5.74) is 5.81. The van der Waals surface area contributed by atoms with E-state index in [1.54, 1.807) is 6.07 Å². The molecular formula is C32H37Cl2N5O2. The number of aryl methyl sites for hydroxylation is 2. The maximum Gasteiger partial charge on any atom is 0.257 e. The van der Waals surface area contributed by atoms with Crippen molar-refractivity contribution < 1.29 is 9.59 Å². The van der Waals surface area contributed by atoms with Gasteiger partial charge < -0.3 is 20.1 Å². The van der Waals surface area contributed by atoms with Gasteiger partial charge >= 0.3 is 0 Å². The summed E-state index contributed by atoms with van der Waals surface area (Å²) < 4.78 is 2.00. The molecule has 1 heterocycles. The van der Waals surface area contributed by atoms with Crippen LogP contribution in [0.2, 0.25) is 10.0 Å². The minimum atomic E-state index is -0.505. The van der Waals surface area contributed by atoms with E-state index >= 15 is 0 Å². The van der Waals surface area contributed by atoms with E-state index < -0.39 is 5.41 Å². The van der Waals surface area contributed by atoms with Crippen LogP contribution in [0.4, 0.5) is 11.4 Å². The molecule has 2 N–H and O–H groups in total. The lowest BCUT2D eigenvalue weighted by molar-refractivity contribution is -0.128. The smallest absolute Gasteiger partial charge is 0.257 e. The highest BCUT2D eigenvalue weighted by Gasteiger charge is 2.23. The molecule has 216 valence electrons. The normalized spacial score (nSPS) is 11.5. The number of hydrogen-bond acceptors (Lipinski definition) is 4. The van der Waals surface area contributed by atoms with Gasteiger partial charge in [0.1, 0.15) is 5.82 Å². The van der Waals surface area contributed by atoms with E-state index in [9.17, 15) is 9.59 Å². The quantitative estimate of drug-likeness (QED) is 0.227. The lowest BCUT2D eigenvalue weighted by atomic mass is 9.95. The van der Waals surface area contributed by atoms with Crippen LogP contribution in [0, 0.1) is 12.3 Å². The molecule has 7 nitrogen and oxygen atoms in total. The number of amides is 2. The summed E-state index contributed by atoms with van der Waals surface area (Å²) in [6.45, 7) is 10.7. The van der Waals surface area contributed by atoms with Gasteiger partial charge in [-0.3, -0.25) is 9.59 Å². The summed E-state index contributed by atoms with van der Waals surface area (Å²) in [6.07, 6.45) is 0.383. The predicted octanol–water partition coefficient (Wildman–Crippen LogP) is 7.15. The summed E-state index contributed by atoms with van der Waals surface area (Å²) >= 11 is 13.4. The van der Waals surface area contributed by atoms with Crippen LogP contribution in [0.1, 0.15) is 60.6 Å². The number of carbonyl (C=O) groups excluding carboxylic acids is 2. The molecule has 0 radical (unpaired) electrons. The zero-order valence-corrected chi connectivity index (χ0v) is 26.2. The monoisotopic (exact) mass is 593 g/mol. The highest BCUT2D eigenvalue weighted by Crippen LogP contribution is 2.33. The van der Waals surface area contributed by atoms with Crippen LogP contribution >= 0.6 is 23.2 Å². The Bertz CT molecular complexity index is 1600. The van der Waals surface area contributed by atoms with Gasteiger partial charge in [-0.25, -0.2) is 4.98 Å². The van der Waals surface area contributed by atoms with Gasteiger partial charge in [-0.05, 0) is 55.3 Å². The van der Waals surface area contributed by atoms with E-state index in [0.717, 1.165) is 46.0 Å². The van der Waals surface area contributed by atoms with Crippen molar-refractivity contribution in [2.75, 3.05) is 23.8 Å². The first-order valence-electron chi connectivity index (χ1n) is 13.6. The van der Waals surface area contributed by atoms with Crippen molar-refractivity contribution in [3.63, 3.8) is 0 Å². The Morgan fingerprint density at radius 1 is 1.05 bits per heavy atom. The molecule has 0 aliphatic heterocycles. The van der Waals surface area contributed by atoms with Gasteiger partial charge in [0.15, 0.2) is 0 Å². The van der Waals surface area contributed by atoms with Gasteiger partial charge in [0, 0.05) is 49.7 Å². The average molecular weight is 595 g/mol. The summed E-state index contributed by atoms with van der Waals surface area (Å²) in [5, 5.41) is 7.00. The minimum Gasteiger partial charge on any atom is -0.374 e. The largest absolute Gasteiger partial charge is 0.374 e. The minimum absolute atomic E-state index is 0.0597. The molecule has 0 aliphatic carbocycles. The Morgan fingerprint density at radius 3 is 2.37 bits per heavy atom. The summed E-state index contributed by atoms with van der Waals surface area (Å²) in [4.78, 5) is 32.8. The van der Waals surface area contributed by atoms with Crippen molar-refractivity contribution >= 4 is 57.4 Å². The molecule has 0 fully saturated rings. The molecule has 0 atom stereocenters. The Morgan fingerprint density at radius 2 is 1.73 bits per heavy atom. The van der Waals surface area contributed by atoms with Crippen molar-refractivity contribution in [1.82, 2.24) is 14.9 Å². The maximum atomic E-state index is 13.4. The second-order valence-corrected chi connectivity index (χ2v) is 12.2. The first-order valence-corrected chi connectivity index (χ1v) is 14.4. The lowest BCUT2D eigenvalue weighted by Crippen LogP contribution is -2.34. The van der Waals surface area contributed by atoms with Crippen molar-refractivity contribution in [2.45, 2.75) is 47.6 Å². The molecule has 0 saturated heterocycles. The van der Waals surface area contributed by atoms with Gasteiger partial charge in [0.05, 0.1) is 27.3 Å². The molecule has 3 aromatic carbocycles. The van der Waals surface area contributed by atoms with Crippen molar-refractivity contribution in [1.29, 1.82) is 0 Å². The second kappa shape index (κ2) is 12.1. The standard InChI is InChI=1S/C32H37Cl2N5O2/c1-8-38(6)26-17-27-25(15-23(26)30(40)36-21-12-9-19(2)10-13-21)37-28(39(27)7)16-22-24(33)14-11-20(29(22)34)18-35-31(41)32(3,4)5/h9-15,17H,8,16,18H2,1-7H3,(H,35,41)(H,36,40). The number of aromatic nitrogens is 2. The molecule has 1 aromatic heterocycles. The molecule has 0 bridgehead atoms. The number of carbonyl (C=O) groups is 2. The predicted molar refractivity (Wildman–Crippen MR) is 169 cm³/mol. The van der Waals surface area contributed by atoms with Crippen LogP contribution in [0.3, 0.4) is 0 Å². The number of halogens is 2. The number of imidazole rings is 1. The topological polar surface area (TPSA) is 79.3 Å². The molecular weight excluding hydrogens is 557 g/mol. The van der Waals surface area contributed by atoms with Crippen molar-refractivity contribution in [3.05, 3.63) is 86.7 Å². The molecule has 0 spiro atoms. The molecule has 0 aliphatic rings. The van der Waals surface area contributed by atoms with Gasteiger partial charge in [-0.1, -0.05) is 67.7 Å². The van der Waals surface area contributed by atoms with Crippen LogP contribution in [-0.2, 0) is 24.8 Å². The fourth-order valence-electron chi connectivity index (χ4n) is 4.48. The number of nitrogens with one attached hydrogen (secondary N) is 2. The Hall–Kier alpha value is -3.55.